The van der Waals surface area contributed by atoms with Crippen LogP contribution in [0.5, 0.6) is 0 Å². The van der Waals surface area contributed by atoms with Gasteiger partial charge in [-0.15, -0.1) is 0 Å². The third-order valence-electron chi connectivity index (χ3n) is 3.40. The van der Waals surface area contributed by atoms with Crippen molar-refractivity contribution < 1.29 is 28.9 Å². The molecular formula is C10H13N5O6PSe. The number of nitrogen functional groups attached to an aromatic ring is 1. The Labute approximate surface area is 137 Å². The Kier molecular flexibility index (Phi) is 4.43. The SMILES string of the molecule is Nc1ncnc2c1ncn2[C@@H]1O[C@H](COP(=O)(O)[Se])[C@@H](O)[C@H]1O. The molecule has 1 aliphatic rings. The zero-order chi connectivity index (χ0) is 16.8. The van der Waals surface area contributed by atoms with Gasteiger partial charge in [0, 0.05) is 0 Å². The first kappa shape index (κ1) is 16.7. The standard InChI is InChI=1S/C10H13N5O6PSe/c11-8-5-9(13-2-12-8)15(3-14-5)10-7(17)6(16)4(21-10)1-20-22(18,19)23/h2-4,6-7,10,16-17H,1H2,(H,18,19)(H2,11,12,13)/t4-,6-,7-,10-/m1/s1. The first-order valence-electron chi connectivity index (χ1n) is 6.41. The predicted molar refractivity (Wildman–Crippen MR) is 77.2 cm³/mol. The van der Waals surface area contributed by atoms with Gasteiger partial charge in [0.15, 0.2) is 0 Å². The second-order valence-corrected chi connectivity index (χ2v) is 8.99. The van der Waals surface area contributed by atoms with Crippen LogP contribution in [0.4, 0.5) is 5.82 Å². The summed E-state index contributed by atoms with van der Waals surface area (Å²) in [5, 5.41) is 20.2. The molecule has 2 aromatic heterocycles. The number of nitrogens with zero attached hydrogens (tertiary/aromatic N) is 4. The van der Waals surface area contributed by atoms with Gasteiger partial charge >= 0.3 is 137 Å². The number of hydrogen-bond acceptors (Lipinski definition) is 9. The molecule has 1 radical (unpaired) electrons. The van der Waals surface area contributed by atoms with Crippen LogP contribution in [0.2, 0.25) is 0 Å². The van der Waals surface area contributed by atoms with Crippen LogP contribution in [-0.4, -0.2) is 75.1 Å². The van der Waals surface area contributed by atoms with Crippen LogP contribution in [0.3, 0.4) is 0 Å². The molecule has 1 fully saturated rings. The van der Waals surface area contributed by atoms with Crippen molar-refractivity contribution in [2.45, 2.75) is 24.5 Å². The van der Waals surface area contributed by atoms with E-state index >= 15 is 0 Å². The fourth-order valence-corrected chi connectivity index (χ4v) is 3.04. The molecule has 0 spiro atoms. The molecular weight excluding hydrogens is 396 g/mol. The number of nitrogens with two attached hydrogens (primary N) is 1. The molecule has 1 saturated heterocycles. The van der Waals surface area contributed by atoms with Crippen LogP contribution in [0.25, 0.3) is 11.2 Å². The Morgan fingerprint density at radius 1 is 1.39 bits per heavy atom. The molecule has 1 aliphatic heterocycles. The molecule has 0 aliphatic carbocycles. The summed E-state index contributed by atoms with van der Waals surface area (Å²) >= 11 is 1.98. The van der Waals surface area contributed by atoms with Gasteiger partial charge in [0.25, 0.3) is 0 Å². The average molecular weight is 409 g/mol. The summed E-state index contributed by atoms with van der Waals surface area (Å²) in [6.07, 6.45) is -5.88. The molecule has 2 aromatic rings. The summed E-state index contributed by atoms with van der Waals surface area (Å²) in [5.41, 5.74) is 6.35. The minimum absolute atomic E-state index is 0.171. The molecule has 0 aromatic carbocycles. The molecule has 0 bridgehead atoms. The molecule has 5 atom stereocenters. The van der Waals surface area contributed by atoms with Crippen molar-refractivity contribution >= 4 is 38.8 Å². The van der Waals surface area contributed by atoms with Gasteiger partial charge in [0.1, 0.15) is 0 Å². The Morgan fingerprint density at radius 3 is 2.83 bits per heavy atom. The van der Waals surface area contributed by atoms with E-state index < -0.39 is 30.8 Å². The fourth-order valence-electron chi connectivity index (χ4n) is 2.32. The van der Waals surface area contributed by atoms with E-state index in [1.165, 1.54) is 17.2 Å². The molecule has 0 saturated carbocycles. The van der Waals surface area contributed by atoms with Gasteiger partial charge < -0.3 is 0 Å². The van der Waals surface area contributed by atoms with E-state index in [0.717, 1.165) is 0 Å². The molecule has 0 amide bonds. The van der Waals surface area contributed by atoms with Gasteiger partial charge in [-0.25, -0.2) is 0 Å². The van der Waals surface area contributed by atoms with E-state index in [0.29, 0.717) is 11.2 Å². The molecule has 3 heterocycles. The van der Waals surface area contributed by atoms with Crippen LogP contribution in [0.15, 0.2) is 12.7 Å². The predicted octanol–water partition coefficient (Wildman–Crippen LogP) is -1.69. The topological polar surface area (TPSA) is 166 Å². The number of hydrogen-bond donors (Lipinski definition) is 4. The van der Waals surface area contributed by atoms with E-state index in [2.05, 4.69) is 15.0 Å². The van der Waals surface area contributed by atoms with E-state index in [4.69, 9.17) is 19.9 Å². The maximum absolute atomic E-state index is 11.1. The van der Waals surface area contributed by atoms with Crippen molar-refractivity contribution in [3.8, 4) is 0 Å². The Balaban J connectivity index is 1.85. The molecule has 125 valence electrons. The second kappa shape index (κ2) is 6.08. The summed E-state index contributed by atoms with van der Waals surface area (Å²) in [5.74, 6) is 0.171. The third kappa shape index (κ3) is 3.25. The van der Waals surface area contributed by atoms with Crippen molar-refractivity contribution in [2.75, 3.05) is 12.3 Å². The number of ether oxygens (including phenoxy) is 1. The molecule has 11 nitrogen and oxygen atoms in total. The Bertz CT molecular complexity index is 767. The zero-order valence-corrected chi connectivity index (χ0v) is 14.1. The van der Waals surface area contributed by atoms with E-state index in [1.807, 2.05) is 15.6 Å². The fraction of sp³-hybridized carbons (Fsp3) is 0.500. The van der Waals surface area contributed by atoms with E-state index in [1.54, 1.807) is 0 Å². The van der Waals surface area contributed by atoms with Crippen molar-refractivity contribution in [2.24, 2.45) is 0 Å². The zero-order valence-electron chi connectivity index (χ0n) is 11.5. The van der Waals surface area contributed by atoms with Crippen molar-refractivity contribution in [3.63, 3.8) is 0 Å². The Morgan fingerprint density at radius 2 is 2.13 bits per heavy atom. The van der Waals surface area contributed by atoms with Gasteiger partial charge in [0.2, 0.25) is 0 Å². The average Bonchev–Trinajstić information content (AvgIpc) is 3.01. The van der Waals surface area contributed by atoms with Crippen LogP contribution in [0, 0.1) is 0 Å². The number of fused-ring (bicyclic) bond motifs is 1. The number of aliphatic hydroxyl groups is 2. The number of aliphatic hydroxyl groups excluding tert-OH is 2. The summed E-state index contributed by atoms with van der Waals surface area (Å²) in [6.45, 7) is -0.376. The maximum atomic E-state index is 11.1. The van der Waals surface area contributed by atoms with Gasteiger partial charge in [-0.05, 0) is 0 Å². The molecule has 3 rings (SSSR count). The van der Waals surface area contributed by atoms with Gasteiger partial charge in [0.05, 0.1) is 0 Å². The minimum atomic E-state index is -3.84. The van der Waals surface area contributed by atoms with Crippen LogP contribution < -0.4 is 5.73 Å². The van der Waals surface area contributed by atoms with Crippen LogP contribution in [0.1, 0.15) is 6.23 Å². The first-order chi connectivity index (χ1) is 10.8. The number of aromatic nitrogens is 4. The number of anilines is 1. The third-order valence-corrected chi connectivity index (χ3v) is 4.54. The number of imidazole rings is 1. The molecule has 1 unspecified atom stereocenters. The van der Waals surface area contributed by atoms with Gasteiger partial charge in [-0.2, -0.15) is 0 Å². The Hall–Kier alpha value is -1.10. The summed E-state index contributed by atoms with van der Waals surface area (Å²) in [7, 11) is 0. The molecule has 13 heteroatoms. The summed E-state index contributed by atoms with van der Waals surface area (Å²) < 4.78 is 22.7. The monoisotopic (exact) mass is 410 g/mol. The van der Waals surface area contributed by atoms with Crippen LogP contribution in [-0.2, 0) is 13.8 Å². The molecule has 23 heavy (non-hydrogen) atoms. The van der Waals surface area contributed by atoms with E-state index in [9.17, 15) is 14.8 Å². The summed E-state index contributed by atoms with van der Waals surface area (Å²) in [6, 6.07) is 0. The first-order valence-corrected chi connectivity index (χ1v) is 10.2. The summed E-state index contributed by atoms with van der Waals surface area (Å²) in [4.78, 5) is 21.0. The molecule has 5 N–H and O–H groups in total. The van der Waals surface area contributed by atoms with Crippen molar-refractivity contribution in [3.05, 3.63) is 12.7 Å². The van der Waals surface area contributed by atoms with Crippen molar-refractivity contribution in [1.82, 2.24) is 19.5 Å². The van der Waals surface area contributed by atoms with Gasteiger partial charge in [-0.1, -0.05) is 0 Å². The van der Waals surface area contributed by atoms with Gasteiger partial charge in [-0.3, -0.25) is 0 Å². The number of rotatable bonds is 4. The quantitative estimate of drug-likeness (QED) is 0.338. The van der Waals surface area contributed by atoms with E-state index in [-0.39, 0.29) is 12.4 Å². The van der Waals surface area contributed by atoms with Crippen LogP contribution >= 0.6 is 6.29 Å². The second-order valence-electron chi connectivity index (χ2n) is 4.89. The normalized spacial score (nSPS) is 30.6. The van der Waals surface area contributed by atoms with Crippen molar-refractivity contribution in [1.29, 1.82) is 0 Å².